The molecule has 4 nitrogen and oxygen atoms in total. The lowest BCUT2D eigenvalue weighted by atomic mass is 10.0. The van der Waals surface area contributed by atoms with Gasteiger partial charge in [0.05, 0.1) is 6.54 Å². The third kappa shape index (κ3) is 2.69. The number of aliphatic hydroxyl groups is 1. The second-order valence-corrected chi connectivity index (χ2v) is 4.34. The Bertz CT molecular complexity index is 200. The lowest BCUT2D eigenvalue weighted by Gasteiger charge is -2.38. The summed E-state index contributed by atoms with van der Waals surface area (Å²) in [6, 6.07) is 0.261. The second kappa shape index (κ2) is 4.75. The molecule has 1 rings (SSSR count). The molecule has 1 N–H and O–H groups in total. The van der Waals surface area contributed by atoms with Gasteiger partial charge in [-0.3, -0.25) is 9.69 Å². The fourth-order valence-electron chi connectivity index (χ4n) is 1.51. The number of amides is 1. The third-order valence-electron chi connectivity index (χ3n) is 2.82. The van der Waals surface area contributed by atoms with E-state index in [9.17, 15) is 4.79 Å². The van der Waals surface area contributed by atoms with Crippen molar-refractivity contribution in [3.05, 3.63) is 0 Å². The summed E-state index contributed by atoms with van der Waals surface area (Å²) in [5, 5.41) is 8.81. The Hall–Kier alpha value is -0.610. The minimum atomic E-state index is 0.163. The number of carbonyl (C=O) groups excluding carboxylic acids is 1. The molecule has 1 aliphatic heterocycles. The minimum absolute atomic E-state index is 0.163. The van der Waals surface area contributed by atoms with E-state index in [4.69, 9.17) is 5.11 Å². The molecule has 0 aliphatic carbocycles. The topological polar surface area (TPSA) is 43.8 Å². The lowest BCUT2D eigenvalue weighted by molar-refractivity contribution is -0.134. The molecule has 0 atom stereocenters. The van der Waals surface area contributed by atoms with Crippen LogP contribution in [-0.2, 0) is 4.79 Å². The number of rotatable bonds is 4. The van der Waals surface area contributed by atoms with Gasteiger partial charge in [-0.05, 0) is 13.8 Å². The van der Waals surface area contributed by atoms with Gasteiger partial charge in [0.2, 0.25) is 5.91 Å². The summed E-state index contributed by atoms with van der Waals surface area (Å²) in [5.41, 5.74) is 0. The molecule has 1 aliphatic rings. The highest BCUT2D eigenvalue weighted by Gasteiger charge is 2.28. The summed E-state index contributed by atoms with van der Waals surface area (Å²) < 4.78 is 0. The Kier molecular flexibility index (Phi) is 3.89. The molecule has 0 unspecified atom stereocenters. The molecule has 1 saturated heterocycles. The first kappa shape index (κ1) is 11.5. The van der Waals surface area contributed by atoms with Gasteiger partial charge in [-0.2, -0.15) is 0 Å². The van der Waals surface area contributed by atoms with Crippen LogP contribution in [0.25, 0.3) is 0 Å². The van der Waals surface area contributed by atoms with Crippen LogP contribution in [0.2, 0.25) is 0 Å². The highest BCUT2D eigenvalue weighted by molar-refractivity contribution is 5.78. The molecule has 0 bridgehead atoms. The van der Waals surface area contributed by atoms with E-state index in [2.05, 4.69) is 4.90 Å². The average molecular weight is 200 g/mol. The molecule has 0 spiro atoms. The normalized spacial score (nSPS) is 18.4. The van der Waals surface area contributed by atoms with Crippen LogP contribution in [0.3, 0.4) is 0 Å². The van der Waals surface area contributed by atoms with E-state index in [0.29, 0.717) is 12.5 Å². The fraction of sp³-hybridized carbons (Fsp3) is 0.900. The number of hydrogen-bond donors (Lipinski definition) is 1. The van der Waals surface area contributed by atoms with Crippen LogP contribution in [0.5, 0.6) is 0 Å². The van der Waals surface area contributed by atoms with E-state index in [1.807, 2.05) is 20.9 Å². The van der Waals surface area contributed by atoms with Crippen LogP contribution in [0.1, 0.15) is 13.8 Å². The molecule has 0 aromatic carbocycles. The molecular formula is C10H20N2O2. The molecule has 1 heterocycles. The maximum atomic E-state index is 11.6. The largest absolute Gasteiger partial charge is 0.396 e. The fourth-order valence-corrected chi connectivity index (χ4v) is 1.51. The van der Waals surface area contributed by atoms with Crippen molar-refractivity contribution in [3.63, 3.8) is 0 Å². The SMILES string of the molecule is CC(C)N(C)C(=O)CN1CC(CO)C1. The standard InChI is InChI=1S/C10H20N2O2/c1-8(2)11(3)10(14)6-12-4-9(5-12)7-13/h8-9,13H,4-7H2,1-3H3. The molecular weight excluding hydrogens is 180 g/mol. The first-order valence-electron chi connectivity index (χ1n) is 5.13. The predicted octanol–water partition coefficient (Wildman–Crippen LogP) is -0.223. The highest BCUT2D eigenvalue weighted by Crippen LogP contribution is 2.14. The Morgan fingerprint density at radius 1 is 1.57 bits per heavy atom. The van der Waals surface area contributed by atoms with Crippen LogP contribution in [-0.4, -0.2) is 60.1 Å². The van der Waals surface area contributed by atoms with Crippen molar-refractivity contribution in [1.82, 2.24) is 9.80 Å². The second-order valence-electron chi connectivity index (χ2n) is 4.34. The van der Waals surface area contributed by atoms with Gasteiger partial charge in [-0.15, -0.1) is 0 Å². The summed E-state index contributed by atoms with van der Waals surface area (Å²) in [6.45, 7) is 6.45. The van der Waals surface area contributed by atoms with Crippen molar-refractivity contribution in [2.24, 2.45) is 5.92 Å². The van der Waals surface area contributed by atoms with Gasteiger partial charge in [-0.25, -0.2) is 0 Å². The molecule has 14 heavy (non-hydrogen) atoms. The van der Waals surface area contributed by atoms with Crippen molar-refractivity contribution in [2.75, 3.05) is 33.3 Å². The van der Waals surface area contributed by atoms with Gasteiger partial charge in [0.1, 0.15) is 0 Å². The summed E-state index contributed by atoms with van der Waals surface area (Å²) >= 11 is 0. The summed E-state index contributed by atoms with van der Waals surface area (Å²) in [5.74, 6) is 0.545. The van der Waals surface area contributed by atoms with Crippen molar-refractivity contribution in [2.45, 2.75) is 19.9 Å². The van der Waals surface area contributed by atoms with E-state index < -0.39 is 0 Å². The van der Waals surface area contributed by atoms with Crippen LogP contribution < -0.4 is 0 Å². The number of carbonyl (C=O) groups is 1. The third-order valence-corrected chi connectivity index (χ3v) is 2.82. The Morgan fingerprint density at radius 2 is 2.14 bits per heavy atom. The van der Waals surface area contributed by atoms with Crippen LogP contribution in [0, 0.1) is 5.92 Å². The van der Waals surface area contributed by atoms with Gasteiger partial charge in [0, 0.05) is 38.7 Å². The number of nitrogens with zero attached hydrogens (tertiary/aromatic N) is 2. The smallest absolute Gasteiger partial charge is 0.236 e. The number of aliphatic hydroxyl groups excluding tert-OH is 1. The summed E-state index contributed by atoms with van der Waals surface area (Å²) in [7, 11) is 1.83. The minimum Gasteiger partial charge on any atom is -0.396 e. The Labute approximate surface area is 85.5 Å². The number of likely N-dealkylation sites (N-methyl/N-ethyl adjacent to an activating group) is 1. The molecule has 0 radical (unpaired) electrons. The maximum Gasteiger partial charge on any atom is 0.236 e. The van der Waals surface area contributed by atoms with Gasteiger partial charge in [-0.1, -0.05) is 0 Å². The van der Waals surface area contributed by atoms with Crippen molar-refractivity contribution in [1.29, 1.82) is 0 Å². The van der Waals surface area contributed by atoms with Gasteiger partial charge < -0.3 is 10.0 Å². The monoisotopic (exact) mass is 200 g/mol. The highest BCUT2D eigenvalue weighted by atomic mass is 16.3. The van der Waals surface area contributed by atoms with Crippen molar-refractivity contribution in [3.8, 4) is 0 Å². The molecule has 82 valence electrons. The Balaban J connectivity index is 2.22. The quantitative estimate of drug-likeness (QED) is 0.682. The summed E-state index contributed by atoms with van der Waals surface area (Å²) in [4.78, 5) is 15.4. The zero-order chi connectivity index (χ0) is 10.7. The first-order chi connectivity index (χ1) is 6.54. The zero-order valence-corrected chi connectivity index (χ0v) is 9.23. The molecule has 0 aromatic rings. The van der Waals surface area contributed by atoms with Crippen LogP contribution in [0.15, 0.2) is 0 Å². The van der Waals surface area contributed by atoms with Gasteiger partial charge >= 0.3 is 0 Å². The van der Waals surface area contributed by atoms with E-state index in [0.717, 1.165) is 13.1 Å². The van der Waals surface area contributed by atoms with E-state index in [1.54, 1.807) is 4.90 Å². The lowest BCUT2D eigenvalue weighted by Crippen LogP contribution is -2.52. The van der Waals surface area contributed by atoms with Gasteiger partial charge in [0.25, 0.3) is 0 Å². The molecule has 1 amide bonds. The molecule has 4 heteroatoms. The van der Waals surface area contributed by atoms with E-state index >= 15 is 0 Å². The van der Waals surface area contributed by atoms with E-state index in [-0.39, 0.29) is 18.6 Å². The zero-order valence-electron chi connectivity index (χ0n) is 9.23. The number of likely N-dealkylation sites (tertiary alicyclic amines) is 1. The summed E-state index contributed by atoms with van der Waals surface area (Å²) in [6.07, 6.45) is 0. The van der Waals surface area contributed by atoms with Crippen LogP contribution in [0.4, 0.5) is 0 Å². The molecule has 0 aromatic heterocycles. The predicted molar refractivity (Wildman–Crippen MR) is 54.9 cm³/mol. The molecule has 1 fully saturated rings. The van der Waals surface area contributed by atoms with E-state index in [1.165, 1.54) is 0 Å². The van der Waals surface area contributed by atoms with Gasteiger partial charge in [0.15, 0.2) is 0 Å². The molecule has 0 saturated carbocycles. The number of hydrogen-bond acceptors (Lipinski definition) is 3. The van der Waals surface area contributed by atoms with Crippen molar-refractivity contribution >= 4 is 5.91 Å². The Morgan fingerprint density at radius 3 is 2.57 bits per heavy atom. The average Bonchev–Trinajstić information content (AvgIpc) is 2.08. The first-order valence-corrected chi connectivity index (χ1v) is 5.13. The maximum absolute atomic E-state index is 11.6. The van der Waals surface area contributed by atoms with Crippen molar-refractivity contribution < 1.29 is 9.90 Å². The van der Waals surface area contributed by atoms with Crippen LogP contribution >= 0.6 is 0 Å².